The lowest BCUT2D eigenvalue weighted by atomic mass is 9.96. The first-order chi connectivity index (χ1) is 14.6. The third-order valence-electron chi connectivity index (χ3n) is 5.14. The molecule has 5 nitrogen and oxygen atoms in total. The first kappa shape index (κ1) is 21.5. The summed E-state index contributed by atoms with van der Waals surface area (Å²) in [6.07, 6.45) is -3.66. The molecule has 0 fully saturated rings. The molecule has 2 heterocycles. The summed E-state index contributed by atoms with van der Waals surface area (Å²) < 4.78 is 42.2. The molecule has 2 atom stereocenters. The monoisotopic (exact) mass is 468 g/mol. The van der Waals surface area contributed by atoms with Gasteiger partial charge in [-0.1, -0.05) is 53.0 Å². The smallest absolute Gasteiger partial charge is 0.363 e. The van der Waals surface area contributed by atoms with Crippen LogP contribution in [0.1, 0.15) is 40.0 Å². The van der Waals surface area contributed by atoms with Crippen molar-refractivity contribution in [3.8, 4) is 0 Å². The molecule has 1 aliphatic heterocycles. The van der Waals surface area contributed by atoms with Gasteiger partial charge in [0.2, 0.25) is 0 Å². The fourth-order valence-corrected chi connectivity index (χ4v) is 3.87. The van der Waals surface area contributed by atoms with Gasteiger partial charge in [-0.2, -0.15) is 18.3 Å². The van der Waals surface area contributed by atoms with Crippen molar-refractivity contribution in [3.05, 3.63) is 75.4 Å². The maximum atomic E-state index is 13.8. The number of amides is 1. The SMILES string of the molecule is Cc1ccc(C2CC(C(F)(F)F)n3ncc(C(=O)Nc4cc(Cl)ccc4Cl)c3N2)cc1. The zero-order chi connectivity index (χ0) is 22.3. The maximum absolute atomic E-state index is 13.8. The van der Waals surface area contributed by atoms with Crippen LogP contribution in [0, 0.1) is 6.92 Å². The summed E-state index contributed by atoms with van der Waals surface area (Å²) in [5.41, 5.74) is 1.91. The Morgan fingerprint density at radius 1 is 1.19 bits per heavy atom. The Balaban J connectivity index is 1.70. The van der Waals surface area contributed by atoms with E-state index in [-0.39, 0.29) is 28.5 Å². The van der Waals surface area contributed by atoms with Gasteiger partial charge >= 0.3 is 6.18 Å². The van der Waals surface area contributed by atoms with Crippen molar-refractivity contribution in [2.24, 2.45) is 0 Å². The lowest BCUT2D eigenvalue weighted by Crippen LogP contribution is -2.36. The van der Waals surface area contributed by atoms with Crippen LogP contribution in [-0.4, -0.2) is 21.9 Å². The number of aromatic nitrogens is 2. The van der Waals surface area contributed by atoms with Gasteiger partial charge in [0, 0.05) is 11.4 Å². The molecule has 162 valence electrons. The van der Waals surface area contributed by atoms with E-state index in [1.807, 2.05) is 19.1 Å². The summed E-state index contributed by atoms with van der Waals surface area (Å²) in [7, 11) is 0. The van der Waals surface area contributed by atoms with Crippen molar-refractivity contribution in [2.75, 3.05) is 10.6 Å². The molecule has 2 N–H and O–H groups in total. The van der Waals surface area contributed by atoms with Crippen LogP contribution < -0.4 is 10.6 Å². The fraction of sp³-hybridized carbons (Fsp3) is 0.238. The van der Waals surface area contributed by atoms with Crippen LogP contribution in [0.5, 0.6) is 0 Å². The normalized spacial score (nSPS) is 18.3. The number of fused-ring (bicyclic) bond motifs is 1. The first-order valence-corrected chi connectivity index (χ1v) is 10.1. The van der Waals surface area contributed by atoms with Crippen molar-refractivity contribution < 1.29 is 18.0 Å². The van der Waals surface area contributed by atoms with E-state index in [9.17, 15) is 18.0 Å². The van der Waals surface area contributed by atoms with E-state index < -0.39 is 24.2 Å². The minimum atomic E-state index is -4.53. The number of nitrogens with zero attached hydrogens (tertiary/aromatic N) is 2. The topological polar surface area (TPSA) is 59.0 Å². The molecule has 0 spiro atoms. The minimum absolute atomic E-state index is 0.00481. The van der Waals surface area contributed by atoms with Crippen LogP contribution >= 0.6 is 23.2 Å². The molecule has 31 heavy (non-hydrogen) atoms. The Morgan fingerprint density at radius 3 is 2.58 bits per heavy atom. The van der Waals surface area contributed by atoms with Crippen LogP contribution in [-0.2, 0) is 0 Å². The zero-order valence-electron chi connectivity index (χ0n) is 16.2. The maximum Gasteiger partial charge on any atom is 0.410 e. The van der Waals surface area contributed by atoms with E-state index in [0.717, 1.165) is 16.4 Å². The van der Waals surface area contributed by atoms with Gasteiger partial charge in [0.1, 0.15) is 11.4 Å². The van der Waals surface area contributed by atoms with E-state index in [4.69, 9.17) is 23.2 Å². The molecule has 10 heteroatoms. The molecular weight excluding hydrogens is 452 g/mol. The molecule has 1 amide bonds. The predicted molar refractivity (Wildman–Crippen MR) is 114 cm³/mol. The molecule has 3 aromatic rings. The van der Waals surface area contributed by atoms with E-state index in [0.29, 0.717) is 10.6 Å². The second-order valence-corrected chi connectivity index (χ2v) is 8.17. The summed E-state index contributed by atoms with van der Waals surface area (Å²) >= 11 is 12.0. The number of nitrogens with one attached hydrogen (secondary N) is 2. The number of rotatable bonds is 3. The quantitative estimate of drug-likeness (QED) is 0.466. The fourth-order valence-electron chi connectivity index (χ4n) is 3.53. The van der Waals surface area contributed by atoms with Crippen LogP contribution in [0.3, 0.4) is 0 Å². The third kappa shape index (κ3) is 4.36. The molecule has 2 unspecified atom stereocenters. The zero-order valence-corrected chi connectivity index (χ0v) is 17.7. The Hall–Kier alpha value is -2.71. The van der Waals surface area contributed by atoms with E-state index in [1.165, 1.54) is 12.1 Å². The lowest BCUT2D eigenvalue weighted by molar-refractivity contribution is -0.173. The van der Waals surface area contributed by atoms with Gasteiger partial charge in [0.15, 0.2) is 6.04 Å². The van der Waals surface area contributed by atoms with Crippen molar-refractivity contribution in [3.63, 3.8) is 0 Å². The van der Waals surface area contributed by atoms with Gasteiger partial charge in [-0.15, -0.1) is 0 Å². The number of hydrogen-bond donors (Lipinski definition) is 2. The molecule has 1 aliphatic rings. The standard InChI is InChI=1S/C21H17Cl2F3N4O/c1-11-2-4-12(5-3-11)16-9-18(21(24,25)26)30-19(28-16)14(10-27-30)20(31)29-17-8-13(22)6-7-15(17)23/h2-8,10,16,18,28H,9H2,1H3,(H,29,31). The van der Waals surface area contributed by atoms with Crippen LogP contribution in [0.25, 0.3) is 0 Å². The van der Waals surface area contributed by atoms with Gasteiger partial charge in [0.25, 0.3) is 5.91 Å². The number of hydrogen-bond acceptors (Lipinski definition) is 3. The molecular formula is C21H17Cl2F3N4O. The van der Waals surface area contributed by atoms with E-state index in [2.05, 4.69) is 15.7 Å². The highest BCUT2D eigenvalue weighted by molar-refractivity contribution is 6.36. The van der Waals surface area contributed by atoms with Crippen molar-refractivity contribution in [1.29, 1.82) is 0 Å². The second kappa shape index (κ2) is 8.09. The van der Waals surface area contributed by atoms with Crippen LogP contribution in [0.15, 0.2) is 48.7 Å². The number of halogens is 5. The highest BCUT2D eigenvalue weighted by Gasteiger charge is 2.47. The average Bonchev–Trinajstić information content (AvgIpc) is 3.14. The van der Waals surface area contributed by atoms with E-state index >= 15 is 0 Å². The van der Waals surface area contributed by atoms with Crippen molar-refractivity contribution in [2.45, 2.75) is 31.6 Å². The molecule has 0 aliphatic carbocycles. The summed E-state index contributed by atoms with van der Waals surface area (Å²) in [4.78, 5) is 12.9. The molecule has 4 rings (SSSR count). The number of benzene rings is 2. The van der Waals surface area contributed by atoms with Crippen LogP contribution in [0.2, 0.25) is 10.0 Å². The molecule has 2 aromatic carbocycles. The number of alkyl halides is 3. The molecule has 0 radical (unpaired) electrons. The van der Waals surface area contributed by atoms with Gasteiger partial charge < -0.3 is 10.6 Å². The van der Waals surface area contributed by atoms with Gasteiger partial charge in [-0.3, -0.25) is 4.79 Å². The number of anilines is 2. The van der Waals surface area contributed by atoms with Gasteiger partial charge in [-0.25, -0.2) is 4.68 Å². The number of carbonyl (C=O) groups is 1. The highest BCUT2D eigenvalue weighted by Crippen LogP contribution is 2.44. The molecule has 0 saturated heterocycles. The lowest BCUT2D eigenvalue weighted by Gasteiger charge is -2.34. The molecule has 0 saturated carbocycles. The van der Waals surface area contributed by atoms with E-state index in [1.54, 1.807) is 18.2 Å². The Morgan fingerprint density at radius 2 is 1.90 bits per heavy atom. The third-order valence-corrected chi connectivity index (χ3v) is 5.70. The summed E-state index contributed by atoms with van der Waals surface area (Å²) in [6.45, 7) is 1.90. The highest BCUT2D eigenvalue weighted by atomic mass is 35.5. The minimum Gasteiger partial charge on any atom is -0.363 e. The van der Waals surface area contributed by atoms with Crippen LogP contribution in [0.4, 0.5) is 24.7 Å². The summed E-state index contributed by atoms with van der Waals surface area (Å²) in [5, 5.41) is 10.1. The summed E-state index contributed by atoms with van der Waals surface area (Å²) in [6, 6.07) is 9.24. The Kier molecular flexibility index (Phi) is 5.61. The average molecular weight is 469 g/mol. The molecule has 0 bridgehead atoms. The van der Waals surface area contributed by atoms with Gasteiger partial charge in [-0.05, 0) is 30.7 Å². The van der Waals surface area contributed by atoms with Crippen molar-refractivity contribution in [1.82, 2.24) is 9.78 Å². The largest absolute Gasteiger partial charge is 0.410 e. The first-order valence-electron chi connectivity index (χ1n) is 9.37. The van der Waals surface area contributed by atoms with Crippen molar-refractivity contribution >= 4 is 40.6 Å². The van der Waals surface area contributed by atoms with Gasteiger partial charge in [0.05, 0.1) is 22.9 Å². The number of carbonyl (C=O) groups excluding carboxylic acids is 1. The number of aryl methyl sites for hydroxylation is 1. The Labute approximate surface area is 186 Å². The second-order valence-electron chi connectivity index (χ2n) is 7.33. The Bertz CT molecular complexity index is 1130. The molecule has 1 aromatic heterocycles. The predicted octanol–water partition coefficient (Wildman–Crippen LogP) is 6.41. The summed E-state index contributed by atoms with van der Waals surface area (Å²) in [5.74, 6) is -0.654.